The van der Waals surface area contributed by atoms with Crippen LogP contribution < -0.4 is 16.2 Å². The molecule has 2 amide bonds. The number of benzene rings is 1. The zero-order chi connectivity index (χ0) is 19.4. The highest BCUT2D eigenvalue weighted by molar-refractivity contribution is 7.14. The van der Waals surface area contributed by atoms with Gasteiger partial charge in [0.05, 0.1) is 12.1 Å². The van der Waals surface area contributed by atoms with Gasteiger partial charge in [-0.1, -0.05) is 6.07 Å². The van der Waals surface area contributed by atoms with E-state index in [2.05, 4.69) is 20.6 Å². The molecule has 0 unspecified atom stereocenters. The molecule has 0 bridgehead atoms. The maximum absolute atomic E-state index is 12.2. The lowest BCUT2D eigenvalue weighted by Gasteiger charge is -2.06. The molecular weight excluding hydrogens is 364 g/mol. The number of aryl methyl sites for hydroxylation is 2. The van der Waals surface area contributed by atoms with Crippen LogP contribution >= 0.6 is 11.3 Å². The van der Waals surface area contributed by atoms with Crippen molar-refractivity contribution in [3.8, 4) is 0 Å². The van der Waals surface area contributed by atoms with E-state index in [1.807, 2.05) is 32.0 Å². The molecule has 0 aliphatic heterocycles. The van der Waals surface area contributed by atoms with Gasteiger partial charge in [-0.3, -0.25) is 19.7 Å². The van der Waals surface area contributed by atoms with E-state index in [4.69, 9.17) is 0 Å². The fourth-order valence-corrected chi connectivity index (χ4v) is 3.33. The maximum atomic E-state index is 12.2. The summed E-state index contributed by atoms with van der Waals surface area (Å²) in [6.07, 6.45) is 1.54. The number of aromatic amines is 1. The third kappa shape index (κ3) is 4.89. The van der Waals surface area contributed by atoms with E-state index in [1.54, 1.807) is 11.4 Å². The first-order valence-electron chi connectivity index (χ1n) is 8.22. The van der Waals surface area contributed by atoms with Crippen molar-refractivity contribution in [3.05, 3.63) is 74.6 Å². The summed E-state index contributed by atoms with van der Waals surface area (Å²) in [7, 11) is 0. The molecule has 0 saturated carbocycles. The minimum Gasteiger partial charge on any atom is -0.328 e. The van der Waals surface area contributed by atoms with Gasteiger partial charge in [0, 0.05) is 17.3 Å². The maximum Gasteiger partial charge on any atom is 0.263 e. The SMILES string of the molecule is Cc1cc(C)cc(NC(=O)Cc2csc(NC(=O)c3ccc[nH]c3=O)n2)c1. The van der Waals surface area contributed by atoms with Gasteiger partial charge < -0.3 is 10.3 Å². The number of amides is 2. The van der Waals surface area contributed by atoms with Gasteiger partial charge >= 0.3 is 0 Å². The summed E-state index contributed by atoms with van der Waals surface area (Å²) in [5, 5.41) is 7.45. The Morgan fingerprint density at radius 2 is 1.89 bits per heavy atom. The molecule has 1 aromatic carbocycles. The lowest BCUT2D eigenvalue weighted by molar-refractivity contribution is -0.115. The second-order valence-electron chi connectivity index (χ2n) is 6.11. The normalized spacial score (nSPS) is 10.4. The van der Waals surface area contributed by atoms with Crippen molar-refractivity contribution in [3.63, 3.8) is 0 Å². The molecule has 0 radical (unpaired) electrons. The molecule has 0 spiro atoms. The van der Waals surface area contributed by atoms with Crippen molar-refractivity contribution in [2.75, 3.05) is 10.6 Å². The van der Waals surface area contributed by atoms with Crippen LogP contribution in [0.25, 0.3) is 0 Å². The molecule has 8 heteroatoms. The minimum absolute atomic E-state index is 0.00168. The van der Waals surface area contributed by atoms with Crippen molar-refractivity contribution in [2.24, 2.45) is 0 Å². The number of pyridine rings is 1. The fourth-order valence-electron chi connectivity index (χ4n) is 2.63. The molecule has 0 atom stereocenters. The zero-order valence-corrected chi connectivity index (χ0v) is 15.6. The lowest BCUT2D eigenvalue weighted by Crippen LogP contribution is -2.22. The standard InChI is InChI=1S/C19H18N4O3S/c1-11-6-12(2)8-13(7-11)21-16(24)9-14-10-27-19(22-14)23-18(26)15-4-3-5-20-17(15)25/h3-8,10H,9H2,1-2H3,(H,20,25)(H,21,24)(H,22,23,26). The molecule has 2 heterocycles. The van der Waals surface area contributed by atoms with Crippen LogP contribution in [0.15, 0.2) is 46.7 Å². The van der Waals surface area contributed by atoms with Gasteiger partial charge in [0.15, 0.2) is 5.13 Å². The average molecular weight is 382 g/mol. The third-order valence-electron chi connectivity index (χ3n) is 3.68. The number of thiazole rings is 1. The first-order chi connectivity index (χ1) is 12.9. The Bertz CT molecular complexity index is 1030. The average Bonchev–Trinajstić information content (AvgIpc) is 3.00. The molecule has 0 aliphatic carbocycles. The van der Waals surface area contributed by atoms with Gasteiger partial charge in [-0.15, -0.1) is 11.3 Å². The van der Waals surface area contributed by atoms with Crippen LogP contribution in [0.2, 0.25) is 0 Å². The van der Waals surface area contributed by atoms with E-state index in [0.29, 0.717) is 10.8 Å². The highest BCUT2D eigenvalue weighted by Gasteiger charge is 2.13. The molecule has 2 aromatic heterocycles. The summed E-state index contributed by atoms with van der Waals surface area (Å²) in [5.74, 6) is -0.736. The van der Waals surface area contributed by atoms with E-state index in [0.717, 1.165) is 16.8 Å². The van der Waals surface area contributed by atoms with E-state index >= 15 is 0 Å². The van der Waals surface area contributed by atoms with Gasteiger partial charge in [-0.2, -0.15) is 0 Å². The first-order valence-corrected chi connectivity index (χ1v) is 9.10. The van der Waals surface area contributed by atoms with Crippen molar-refractivity contribution >= 4 is 34.0 Å². The topological polar surface area (TPSA) is 104 Å². The van der Waals surface area contributed by atoms with Crippen molar-refractivity contribution in [1.29, 1.82) is 0 Å². The lowest BCUT2D eigenvalue weighted by atomic mass is 10.1. The van der Waals surface area contributed by atoms with Gasteiger partial charge in [-0.25, -0.2) is 4.98 Å². The Morgan fingerprint density at radius 3 is 2.59 bits per heavy atom. The van der Waals surface area contributed by atoms with Crippen LogP contribution in [0.4, 0.5) is 10.8 Å². The van der Waals surface area contributed by atoms with Crippen LogP contribution in [0.5, 0.6) is 0 Å². The number of nitrogens with one attached hydrogen (secondary N) is 3. The first kappa shape index (κ1) is 18.5. The Labute approximate surface area is 159 Å². The summed E-state index contributed by atoms with van der Waals surface area (Å²) in [6, 6.07) is 8.83. The number of hydrogen-bond donors (Lipinski definition) is 3. The number of nitrogens with zero attached hydrogens (tertiary/aromatic N) is 1. The number of aromatic nitrogens is 2. The summed E-state index contributed by atoms with van der Waals surface area (Å²) >= 11 is 1.20. The molecule has 0 saturated heterocycles. The van der Waals surface area contributed by atoms with E-state index < -0.39 is 11.5 Å². The number of carbonyl (C=O) groups is 2. The molecule has 0 aliphatic rings. The predicted octanol–water partition coefficient (Wildman–Crippen LogP) is 2.88. The minimum atomic E-state index is -0.544. The van der Waals surface area contributed by atoms with E-state index in [1.165, 1.54) is 23.6 Å². The largest absolute Gasteiger partial charge is 0.328 e. The van der Waals surface area contributed by atoms with Crippen LogP contribution in [-0.4, -0.2) is 21.8 Å². The summed E-state index contributed by atoms with van der Waals surface area (Å²) in [5.41, 5.74) is 2.95. The number of hydrogen-bond acceptors (Lipinski definition) is 5. The van der Waals surface area contributed by atoms with E-state index in [-0.39, 0.29) is 17.9 Å². The molecule has 138 valence electrons. The van der Waals surface area contributed by atoms with Crippen LogP contribution in [0.3, 0.4) is 0 Å². The monoisotopic (exact) mass is 382 g/mol. The summed E-state index contributed by atoms with van der Waals surface area (Å²) in [4.78, 5) is 42.7. The predicted molar refractivity (Wildman–Crippen MR) is 105 cm³/mol. The van der Waals surface area contributed by atoms with Gasteiger partial charge in [-0.05, 0) is 49.2 Å². The second-order valence-corrected chi connectivity index (χ2v) is 6.97. The van der Waals surface area contributed by atoms with Crippen molar-refractivity contribution in [2.45, 2.75) is 20.3 Å². The van der Waals surface area contributed by atoms with Crippen molar-refractivity contribution in [1.82, 2.24) is 9.97 Å². The smallest absolute Gasteiger partial charge is 0.263 e. The molecule has 3 aromatic rings. The molecule has 27 heavy (non-hydrogen) atoms. The van der Waals surface area contributed by atoms with Gasteiger partial charge in [0.1, 0.15) is 5.56 Å². The Hall–Kier alpha value is -3.26. The highest BCUT2D eigenvalue weighted by atomic mass is 32.1. The molecular formula is C19H18N4O3S. The van der Waals surface area contributed by atoms with Crippen LogP contribution in [-0.2, 0) is 11.2 Å². The number of H-pyrrole nitrogens is 1. The zero-order valence-electron chi connectivity index (χ0n) is 14.8. The number of carbonyl (C=O) groups excluding carboxylic acids is 2. The Morgan fingerprint density at radius 1 is 1.15 bits per heavy atom. The second kappa shape index (κ2) is 7.96. The molecule has 3 N–H and O–H groups in total. The van der Waals surface area contributed by atoms with Crippen molar-refractivity contribution < 1.29 is 9.59 Å². The third-order valence-corrected chi connectivity index (χ3v) is 4.49. The summed E-state index contributed by atoms with van der Waals surface area (Å²) < 4.78 is 0. The van der Waals surface area contributed by atoms with Gasteiger partial charge in [0.2, 0.25) is 5.91 Å². The number of anilines is 2. The molecule has 0 fully saturated rings. The number of rotatable bonds is 5. The molecule has 7 nitrogen and oxygen atoms in total. The Kier molecular flexibility index (Phi) is 5.46. The van der Waals surface area contributed by atoms with Crippen LogP contribution in [0, 0.1) is 13.8 Å². The quantitative estimate of drug-likeness (QED) is 0.631. The Balaban J connectivity index is 1.62. The summed E-state index contributed by atoms with van der Waals surface area (Å²) in [6.45, 7) is 3.94. The van der Waals surface area contributed by atoms with Gasteiger partial charge in [0.25, 0.3) is 11.5 Å². The highest BCUT2D eigenvalue weighted by Crippen LogP contribution is 2.18. The van der Waals surface area contributed by atoms with E-state index in [9.17, 15) is 14.4 Å². The fraction of sp³-hybridized carbons (Fsp3) is 0.158. The van der Waals surface area contributed by atoms with Crippen LogP contribution in [0.1, 0.15) is 27.2 Å². The molecule has 3 rings (SSSR count).